The molecule has 2 N–H and O–H groups in total. The van der Waals surface area contributed by atoms with E-state index in [4.69, 9.17) is 9.84 Å². The van der Waals surface area contributed by atoms with E-state index >= 15 is 0 Å². The lowest BCUT2D eigenvalue weighted by molar-refractivity contribution is -0.152. The standard InChI is InChI=1S/C11H18N2O3/c14-9(15)13-5-3-11(4-6-13)8-12-7-10(16-11)1-2-10/h12H,1-8H2,(H,14,15). The quantitative estimate of drug-likeness (QED) is 0.636. The van der Waals surface area contributed by atoms with Gasteiger partial charge in [0.2, 0.25) is 0 Å². The highest BCUT2D eigenvalue weighted by molar-refractivity contribution is 5.65. The number of ether oxygens (including phenoxy) is 1. The van der Waals surface area contributed by atoms with E-state index in [0.717, 1.165) is 38.8 Å². The summed E-state index contributed by atoms with van der Waals surface area (Å²) in [6.45, 7) is 3.06. The Morgan fingerprint density at radius 1 is 1.12 bits per heavy atom. The Hall–Kier alpha value is -0.810. The first-order valence-corrected chi connectivity index (χ1v) is 6.02. The van der Waals surface area contributed by atoms with Gasteiger partial charge in [0.15, 0.2) is 0 Å². The molecular weight excluding hydrogens is 208 g/mol. The van der Waals surface area contributed by atoms with Gasteiger partial charge >= 0.3 is 6.09 Å². The summed E-state index contributed by atoms with van der Waals surface area (Å²) in [5.74, 6) is 0. The van der Waals surface area contributed by atoms with Gasteiger partial charge in [-0.25, -0.2) is 4.79 Å². The molecule has 1 amide bonds. The van der Waals surface area contributed by atoms with E-state index in [1.54, 1.807) is 0 Å². The number of piperidine rings is 1. The van der Waals surface area contributed by atoms with Crippen LogP contribution in [0.15, 0.2) is 0 Å². The molecule has 2 saturated heterocycles. The summed E-state index contributed by atoms with van der Waals surface area (Å²) >= 11 is 0. The van der Waals surface area contributed by atoms with Crippen LogP contribution in [0.25, 0.3) is 0 Å². The summed E-state index contributed by atoms with van der Waals surface area (Å²) in [5.41, 5.74) is 0.00431. The fraction of sp³-hybridized carbons (Fsp3) is 0.909. The van der Waals surface area contributed by atoms with Crippen molar-refractivity contribution in [2.45, 2.75) is 36.9 Å². The van der Waals surface area contributed by atoms with E-state index in [9.17, 15) is 4.79 Å². The molecule has 0 aromatic rings. The summed E-state index contributed by atoms with van der Waals surface area (Å²) in [6, 6.07) is 0. The lowest BCUT2D eigenvalue weighted by atomic mass is 9.89. The minimum Gasteiger partial charge on any atom is -0.465 e. The predicted molar refractivity (Wildman–Crippen MR) is 57.5 cm³/mol. The van der Waals surface area contributed by atoms with Gasteiger partial charge in [-0.05, 0) is 25.7 Å². The van der Waals surface area contributed by atoms with Gasteiger partial charge in [0.25, 0.3) is 0 Å². The van der Waals surface area contributed by atoms with Crippen LogP contribution in [-0.2, 0) is 4.74 Å². The van der Waals surface area contributed by atoms with Crippen LogP contribution in [0.1, 0.15) is 25.7 Å². The van der Waals surface area contributed by atoms with Crippen molar-refractivity contribution >= 4 is 6.09 Å². The van der Waals surface area contributed by atoms with Crippen molar-refractivity contribution in [2.75, 3.05) is 26.2 Å². The van der Waals surface area contributed by atoms with Crippen LogP contribution in [0.4, 0.5) is 4.79 Å². The van der Waals surface area contributed by atoms with Crippen molar-refractivity contribution in [1.82, 2.24) is 10.2 Å². The highest BCUT2D eigenvalue weighted by atomic mass is 16.5. The van der Waals surface area contributed by atoms with Crippen LogP contribution in [0.5, 0.6) is 0 Å². The van der Waals surface area contributed by atoms with E-state index in [1.165, 1.54) is 4.90 Å². The Labute approximate surface area is 94.8 Å². The average molecular weight is 226 g/mol. The fourth-order valence-corrected chi connectivity index (χ4v) is 2.85. The van der Waals surface area contributed by atoms with Crippen molar-refractivity contribution < 1.29 is 14.6 Å². The maximum atomic E-state index is 10.8. The molecule has 0 aromatic heterocycles. The van der Waals surface area contributed by atoms with Gasteiger partial charge in [-0.15, -0.1) is 0 Å². The smallest absolute Gasteiger partial charge is 0.407 e. The molecular formula is C11H18N2O3. The molecule has 3 rings (SSSR count). The van der Waals surface area contributed by atoms with Crippen LogP contribution < -0.4 is 5.32 Å². The first-order valence-electron chi connectivity index (χ1n) is 6.02. The van der Waals surface area contributed by atoms with Gasteiger partial charge in [-0.3, -0.25) is 0 Å². The third-order valence-corrected chi connectivity index (χ3v) is 4.08. The maximum absolute atomic E-state index is 10.8. The van der Waals surface area contributed by atoms with Gasteiger partial charge in [-0.2, -0.15) is 0 Å². The SMILES string of the molecule is O=C(O)N1CCC2(CC1)CNCC1(CC1)O2. The zero-order valence-corrected chi connectivity index (χ0v) is 9.37. The predicted octanol–water partition coefficient (Wildman–Crippen LogP) is 0.651. The van der Waals surface area contributed by atoms with Crippen LogP contribution in [-0.4, -0.2) is 53.5 Å². The molecule has 3 aliphatic rings. The second-order valence-corrected chi connectivity index (χ2v) is 5.34. The number of morpholine rings is 1. The van der Waals surface area contributed by atoms with Crippen molar-refractivity contribution in [3.05, 3.63) is 0 Å². The first kappa shape index (κ1) is 10.4. The summed E-state index contributed by atoms with van der Waals surface area (Å²) in [6.07, 6.45) is 3.16. The summed E-state index contributed by atoms with van der Waals surface area (Å²) in [5, 5.41) is 12.4. The average Bonchev–Trinajstić information content (AvgIpc) is 2.98. The molecule has 2 spiro atoms. The lowest BCUT2D eigenvalue weighted by Gasteiger charge is -2.46. The molecule has 1 aliphatic carbocycles. The van der Waals surface area contributed by atoms with E-state index in [0.29, 0.717) is 13.1 Å². The number of hydrogen-bond acceptors (Lipinski definition) is 3. The van der Waals surface area contributed by atoms with Gasteiger partial charge in [0, 0.05) is 26.2 Å². The molecule has 5 nitrogen and oxygen atoms in total. The second kappa shape index (κ2) is 3.34. The van der Waals surface area contributed by atoms with Crippen LogP contribution in [0.2, 0.25) is 0 Å². The Morgan fingerprint density at radius 3 is 2.19 bits per heavy atom. The maximum Gasteiger partial charge on any atom is 0.407 e. The van der Waals surface area contributed by atoms with Crippen molar-refractivity contribution in [1.29, 1.82) is 0 Å². The number of carbonyl (C=O) groups is 1. The van der Waals surface area contributed by atoms with Crippen LogP contribution >= 0.6 is 0 Å². The number of nitrogens with zero attached hydrogens (tertiary/aromatic N) is 1. The highest BCUT2D eigenvalue weighted by Crippen LogP contribution is 2.46. The normalized spacial score (nSPS) is 30.6. The van der Waals surface area contributed by atoms with E-state index in [1.807, 2.05) is 0 Å². The zero-order valence-electron chi connectivity index (χ0n) is 9.37. The minimum absolute atomic E-state index is 0.0965. The van der Waals surface area contributed by atoms with Crippen molar-refractivity contribution in [2.24, 2.45) is 0 Å². The number of likely N-dealkylation sites (tertiary alicyclic amines) is 1. The molecule has 3 fully saturated rings. The molecule has 0 bridgehead atoms. The minimum atomic E-state index is -0.806. The molecule has 2 aliphatic heterocycles. The van der Waals surface area contributed by atoms with E-state index < -0.39 is 6.09 Å². The topological polar surface area (TPSA) is 61.8 Å². The molecule has 16 heavy (non-hydrogen) atoms. The summed E-state index contributed by atoms with van der Waals surface area (Å²) < 4.78 is 6.26. The molecule has 1 saturated carbocycles. The monoisotopic (exact) mass is 226 g/mol. The van der Waals surface area contributed by atoms with Gasteiger partial charge < -0.3 is 20.1 Å². The number of rotatable bonds is 0. The van der Waals surface area contributed by atoms with Crippen molar-refractivity contribution in [3.8, 4) is 0 Å². The molecule has 0 unspecified atom stereocenters. The Bertz CT molecular complexity index is 306. The molecule has 0 atom stereocenters. The second-order valence-electron chi connectivity index (χ2n) is 5.34. The van der Waals surface area contributed by atoms with Crippen LogP contribution in [0, 0.1) is 0 Å². The Kier molecular flexibility index (Phi) is 2.16. The largest absolute Gasteiger partial charge is 0.465 e. The highest BCUT2D eigenvalue weighted by Gasteiger charge is 2.53. The van der Waals surface area contributed by atoms with Gasteiger partial charge in [0.1, 0.15) is 0 Å². The Morgan fingerprint density at radius 2 is 1.69 bits per heavy atom. The van der Waals surface area contributed by atoms with Gasteiger partial charge in [0.05, 0.1) is 11.2 Å². The zero-order chi connectivity index (χ0) is 11.2. The number of nitrogens with one attached hydrogen (secondary N) is 1. The lowest BCUT2D eigenvalue weighted by Crippen LogP contribution is -2.59. The third kappa shape index (κ3) is 1.68. The van der Waals surface area contributed by atoms with Gasteiger partial charge in [-0.1, -0.05) is 0 Å². The first-order chi connectivity index (χ1) is 7.63. The van der Waals surface area contributed by atoms with Crippen LogP contribution in [0.3, 0.4) is 0 Å². The molecule has 5 heteroatoms. The van der Waals surface area contributed by atoms with E-state index in [-0.39, 0.29) is 11.2 Å². The summed E-state index contributed by atoms with van der Waals surface area (Å²) in [4.78, 5) is 12.3. The number of hydrogen-bond donors (Lipinski definition) is 2. The summed E-state index contributed by atoms with van der Waals surface area (Å²) in [7, 11) is 0. The molecule has 90 valence electrons. The van der Waals surface area contributed by atoms with Crippen molar-refractivity contribution in [3.63, 3.8) is 0 Å². The molecule has 2 heterocycles. The Balaban J connectivity index is 1.65. The van der Waals surface area contributed by atoms with E-state index in [2.05, 4.69) is 5.32 Å². The fourth-order valence-electron chi connectivity index (χ4n) is 2.85. The third-order valence-electron chi connectivity index (χ3n) is 4.08. The number of amides is 1. The molecule has 0 aromatic carbocycles. The number of carboxylic acid groups (broad SMARTS) is 1. The molecule has 0 radical (unpaired) electrons.